The maximum atomic E-state index is 11.8. The maximum absolute atomic E-state index is 11.8. The van der Waals surface area contributed by atoms with Crippen molar-refractivity contribution in [3.05, 3.63) is 90.1 Å². The molecular weight excluding hydrogens is 462 g/mol. The van der Waals surface area contributed by atoms with Gasteiger partial charge in [-0.25, -0.2) is 0 Å². The molecule has 1 unspecified atom stereocenters. The minimum atomic E-state index is -0.573. The van der Waals surface area contributed by atoms with E-state index in [2.05, 4.69) is 35.8 Å². The van der Waals surface area contributed by atoms with Crippen LogP contribution in [0.3, 0.4) is 0 Å². The lowest BCUT2D eigenvalue weighted by Crippen LogP contribution is -3.00. The molecule has 164 valence electrons. The SMILES string of the molecule is C=C[C@H]1C[N+]2(Cc3ccccc3C#N)CC[C@H]1C[C@H]2[C@H](O)c1ccnc2ccccc12.[Br-]. The number of hydrogen-bond acceptors (Lipinski definition) is 3. The Balaban J connectivity index is 0.00000245. The standard InChI is InChI=1S/C27H28N3O.BrH/c1-2-19-17-30(18-22-8-4-3-7-21(22)16-28)14-12-20(19)15-26(30)27(31)24-11-13-29-25-10-6-5-9-23(24)25;/h2-11,13,19-20,26-27,31H,1,12,14-15,17-18H2;1H/q+1;/p-1/t19-,20-,26-,27+,30?;/m0./s1. The van der Waals surface area contributed by atoms with E-state index < -0.39 is 6.10 Å². The van der Waals surface area contributed by atoms with Crippen LogP contribution < -0.4 is 17.0 Å². The molecule has 0 saturated carbocycles. The number of benzene rings is 2. The van der Waals surface area contributed by atoms with Crippen LogP contribution in [0, 0.1) is 23.2 Å². The number of rotatable bonds is 5. The lowest BCUT2D eigenvalue weighted by molar-refractivity contribution is -0.985. The Labute approximate surface area is 200 Å². The van der Waals surface area contributed by atoms with E-state index in [1.54, 1.807) is 6.20 Å². The van der Waals surface area contributed by atoms with Crippen molar-refractivity contribution in [3.8, 4) is 6.07 Å². The summed E-state index contributed by atoms with van der Waals surface area (Å²) in [4.78, 5) is 4.48. The van der Waals surface area contributed by atoms with Crippen molar-refractivity contribution in [1.29, 1.82) is 5.26 Å². The first kappa shape index (κ1) is 22.7. The summed E-state index contributed by atoms with van der Waals surface area (Å²) >= 11 is 0. The van der Waals surface area contributed by atoms with Crippen LogP contribution in [0.1, 0.15) is 35.6 Å². The van der Waals surface area contributed by atoms with Gasteiger partial charge in [0, 0.05) is 35.9 Å². The molecule has 2 bridgehead atoms. The van der Waals surface area contributed by atoms with E-state index in [0.29, 0.717) is 11.8 Å². The summed E-state index contributed by atoms with van der Waals surface area (Å²) in [5.41, 5.74) is 3.69. The van der Waals surface area contributed by atoms with Gasteiger partial charge in [0.05, 0.1) is 30.2 Å². The summed E-state index contributed by atoms with van der Waals surface area (Å²) in [6.45, 7) is 6.88. The van der Waals surface area contributed by atoms with Crippen molar-refractivity contribution in [2.75, 3.05) is 13.1 Å². The molecule has 3 aliphatic heterocycles. The lowest BCUT2D eigenvalue weighted by Gasteiger charge is -2.58. The minimum absolute atomic E-state index is 0. The van der Waals surface area contributed by atoms with Crippen LogP contribution in [0.5, 0.6) is 0 Å². The molecule has 3 saturated heterocycles. The minimum Gasteiger partial charge on any atom is -1.00 e. The summed E-state index contributed by atoms with van der Waals surface area (Å²) in [5.74, 6) is 1.03. The zero-order valence-electron chi connectivity index (χ0n) is 18.1. The third-order valence-electron chi connectivity index (χ3n) is 7.66. The predicted octanol–water partition coefficient (Wildman–Crippen LogP) is 1.76. The summed E-state index contributed by atoms with van der Waals surface area (Å²) in [5, 5.41) is 22.4. The molecule has 1 N–H and O–H groups in total. The highest BCUT2D eigenvalue weighted by Crippen LogP contribution is 2.48. The monoisotopic (exact) mass is 489 g/mol. The van der Waals surface area contributed by atoms with Crippen LogP contribution in [0.25, 0.3) is 10.9 Å². The molecule has 0 amide bonds. The van der Waals surface area contributed by atoms with E-state index in [4.69, 9.17) is 0 Å². The molecule has 5 atom stereocenters. The zero-order valence-corrected chi connectivity index (χ0v) is 19.7. The molecule has 4 nitrogen and oxygen atoms in total. The molecule has 5 heteroatoms. The van der Waals surface area contributed by atoms with Crippen LogP contribution >= 0.6 is 0 Å². The predicted molar refractivity (Wildman–Crippen MR) is 122 cm³/mol. The van der Waals surface area contributed by atoms with Crippen molar-refractivity contribution >= 4 is 10.9 Å². The number of para-hydroxylation sites is 1. The van der Waals surface area contributed by atoms with E-state index >= 15 is 0 Å². The molecule has 3 fully saturated rings. The number of piperidine rings is 3. The Morgan fingerprint density at radius 1 is 1.19 bits per heavy atom. The van der Waals surface area contributed by atoms with Gasteiger partial charge in [0.2, 0.25) is 0 Å². The molecule has 3 aromatic rings. The number of nitrogens with zero attached hydrogens (tertiary/aromatic N) is 3. The number of aromatic nitrogens is 1. The van der Waals surface area contributed by atoms with Crippen LogP contribution in [0.4, 0.5) is 0 Å². The number of hydrogen-bond donors (Lipinski definition) is 1. The fourth-order valence-corrected chi connectivity index (χ4v) is 6.07. The van der Waals surface area contributed by atoms with Crippen molar-refractivity contribution in [2.24, 2.45) is 11.8 Å². The molecule has 1 aromatic heterocycles. The topological polar surface area (TPSA) is 56.9 Å². The quantitative estimate of drug-likeness (QED) is 0.438. The zero-order chi connectivity index (χ0) is 21.4. The average Bonchev–Trinajstić information content (AvgIpc) is 2.83. The van der Waals surface area contributed by atoms with Crippen LogP contribution in [-0.4, -0.2) is 33.7 Å². The summed E-state index contributed by atoms with van der Waals surface area (Å²) in [6.07, 6.45) is 5.46. The average molecular weight is 490 g/mol. The fraction of sp³-hybridized carbons (Fsp3) is 0.333. The molecule has 0 aliphatic carbocycles. The van der Waals surface area contributed by atoms with Crippen molar-refractivity contribution in [3.63, 3.8) is 0 Å². The smallest absolute Gasteiger partial charge is 0.131 e. The van der Waals surface area contributed by atoms with E-state index in [1.807, 2.05) is 42.5 Å². The van der Waals surface area contributed by atoms with Crippen molar-refractivity contribution in [1.82, 2.24) is 4.98 Å². The second kappa shape index (κ2) is 9.15. The highest BCUT2D eigenvalue weighted by atomic mass is 79.9. The molecule has 0 radical (unpaired) electrons. The van der Waals surface area contributed by atoms with E-state index in [0.717, 1.165) is 64.6 Å². The van der Waals surface area contributed by atoms with Gasteiger partial charge in [-0.1, -0.05) is 42.5 Å². The second-order valence-electron chi connectivity index (χ2n) is 9.17. The van der Waals surface area contributed by atoms with E-state index in [9.17, 15) is 10.4 Å². The second-order valence-corrected chi connectivity index (χ2v) is 9.17. The number of pyridine rings is 1. The molecule has 2 aromatic carbocycles. The van der Waals surface area contributed by atoms with Gasteiger partial charge in [-0.3, -0.25) is 4.98 Å². The van der Waals surface area contributed by atoms with Crippen molar-refractivity contribution in [2.45, 2.75) is 31.5 Å². The van der Waals surface area contributed by atoms with Gasteiger partial charge in [-0.2, -0.15) is 5.26 Å². The molecule has 4 heterocycles. The van der Waals surface area contributed by atoms with Crippen molar-refractivity contribution < 1.29 is 26.6 Å². The Hall–Kier alpha value is -2.52. The largest absolute Gasteiger partial charge is 1.00 e. The highest BCUT2D eigenvalue weighted by molar-refractivity contribution is 5.82. The first-order valence-electron chi connectivity index (χ1n) is 11.1. The van der Waals surface area contributed by atoms with Gasteiger partial charge >= 0.3 is 0 Å². The number of aliphatic hydroxyl groups excluding tert-OH is 1. The Bertz CT molecular complexity index is 1170. The maximum Gasteiger partial charge on any atom is 0.131 e. The van der Waals surface area contributed by atoms with Gasteiger partial charge in [-0.05, 0) is 29.7 Å². The first-order chi connectivity index (χ1) is 15.1. The third-order valence-corrected chi connectivity index (χ3v) is 7.66. The molecule has 6 rings (SSSR count). The molecule has 32 heavy (non-hydrogen) atoms. The summed E-state index contributed by atoms with van der Waals surface area (Å²) in [6, 6.07) is 20.4. The van der Waals surface area contributed by atoms with Gasteiger partial charge in [0.15, 0.2) is 0 Å². The Morgan fingerprint density at radius 3 is 2.78 bits per heavy atom. The number of nitriles is 1. The van der Waals surface area contributed by atoms with Gasteiger partial charge in [0.25, 0.3) is 0 Å². The van der Waals surface area contributed by atoms with E-state index in [1.165, 1.54) is 0 Å². The molecule has 3 aliphatic rings. The molecule has 0 spiro atoms. The fourth-order valence-electron chi connectivity index (χ4n) is 6.07. The summed E-state index contributed by atoms with van der Waals surface area (Å²) in [7, 11) is 0. The number of aliphatic hydroxyl groups is 1. The van der Waals surface area contributed by atoms with E-state index in [-0.39, 0.29) is 23.0 Å². The number of halogens is 1. The Morgan fingerprint density at radius 2 is 1.97 bits per heavy atom. The number of quaternary nitrogens is 1. The number of fused-ring (bicyclic) bond motifs is 4. The molecular formula is C27H28BrN3O. The van der Waals surface area contributed by atoms with Gasteiger partial charge in [0.1, 0.15) is 18.7 Å². The third kappa shape index (κ3) is 3.77. The van der Waals surface area contributed by atoms with Crippen LogP contribution in [-0.2, 0) is 6.54 Å². The Kier molecular flexibility index (Phi) is 6.48. The lowest BCUT2D eigenvalue weighted by atomic mass is 9.71. The normalized spacial score (nSPS) is 27.3. The van der Waals surface area contributed by atoms with Gasteiger partial charge in [-0.15, -0.1) is 6.58 Å². The highest BCUT2D eigenvalue weighted by Gasteiger charge is 2.54. The van der Waals surface area contributed by atoms with Crippen LogP contribution in [0.15, 0.2) is 73.4 Å². The van der Waals surface area contributed by atoms with Gasteiger partial charge < -0.3 is 26.6 Å². The van der Waals surface area contributed by atoms with Crippen LogP contribution in [0.2, 0.25) is 0 Å². The first-order valence-corrected chi connectivity index (χ1v) is 11.1. The summed E-state index contributed by atoms with van der Waals surface area (Å²) < 4.78 is 0.809.